The highest BCUT2D eigenvalue weighted by molar-refractivity contribution is 5.96. The van der Waals surface area contributed by atoms with E-state index in [1.807, 2.05) is 13.8 Å². The van der Waals surface area contributed by atoms with Crippen molar-refractivity contribution in [2.24, 2.45) is 0 Å². The fourth-order valence-electron chi connectivity index (χ4n) is 2.48. The highest BCUT2D eigenvalue weighted by Gasteiger charge is 2.22. The van der Waals surface area contributed by atoms with Crippen molar-refractivity contribution in [1.29, 1.82) is 0 Å². The number of aromatic nitrogens is 1. The molecule has 1 aliphatic heterocycles. The molecule has 0 spiro atoms. The van der Waals surface area contributed by atoms with E-state index < -0.39 is 0 Å². The molecule has 0 unspecified atom stereocenters. The van der Waals surface area contributed by atoms with Crippen molar-refractivity contribution in [2.75, 3.05) is 39.3 Å². The number of carbonyl (C=O) groups is 2. The molecule has 0 radical (unpaired) electrons. The molecule has 8 heteroatoms. The quantitative estimate of drug-likeness (QED) is 0.797. The summed E-state index contributed by atoms with van der Waals surface area (Å²) in [6.45, 7) is 7.29. The Bertz CT molecular complexity index is 543. The smallest absolute Gasteiger partial charge is 0.272 e. The van der Waals surface area contributed by atoms with Gasteiger partial charge in [0.2, 0.25) is 0 Å². The molecule has 1 aromatic rings. The summed E-state index contributed by atoms with van der Waals surface area (Å²) in [4.78, 5) is 32.3. The molecule has 0 aromatic carbocycles. The van der Waals surface area contributed by atoms with Crippen LogP contribution in [0.3, 0.4) is 0 Å². The lowest BCUT2D eigenvalue weighted by Crippen LogP contribution is -2.49. The van der Waals surface area contributed by atoms with Crippen LogP contribution >= 0.6 is 12.4 Å². The summed E-state index contributed by atoms with van der Waals surface area (Å²) in [6, 6.07) is 3.27. The third kappa shape index (κ3) is 5.43. The normalized spacial score (nSPS) is 15.1. The lowest BCUT2D eigenvalue weighted by Gasteiger charge is -2.34. The van der Waals surface area contributed by atoms with Crippen LogP contribution in [-0.2, 0) is 0 Å². The van der Waals surface area contributed by atoms with Gasteiger partial charge >= 0.3 is 0 Å². The molecule has 0 atom stereocenters. The molecule has 1 aliphatic rings. The average Bonchev–Trinajstić information content (AvgIpc) is 2.55. The third-order valence-corrected chi connectivity index (χ3v) is 3.74. The maximum atomic E-state index is 12.4. The maximum Gasteiger partial charge on any atom is 0.272 e. The number of hydrogen-bond donors (Lipinski definition) is 2. The number of rotatable bonds is 5. The van der Waals surface area contributed by atoms with Crippen LogP contribution in [0.2, 0.25) is 0 Å². The van der Waals surface area contributed by atoms with Crippen LogP contribution in [0.15, 0.2) is 18.3 Å². The van der Waals surface area contributed by atoms with Crippen molar-refractivity contribution in [2.45, 2.75) is 19.9 Å². The van der Waals surface area contributed by atoms with Gasteiger partial charge in [0.05, 0.1) is 12.2 Å². The molecule has 2 amide bonds. The highest BCUT2D eigenvalue weighted by Crippen LogP contribution is 2.08. The molecule has 0 aliphatic carbocycles. The van der Waals surface area contributed by atoms with E-state index in [0.29, 0.717) is 30.9 Å². The monoisotopic (exact) mass is 356 g/mol. The molecular formula is C16H25ClN4O3. The van der Waals surface area contributed by atoms with E-state index in [9.17, 15) is 9.59 Å². The van der Waals surface area contributed by atoms with E-state index in [1.54, 1.807) is 17.0 Å². The fraction of sp³-hybridized carbons (Fsp3) is 0.562. The van der Waals surface area contributed by atoms with Crippen LogP contribution in [0.1, 0.15) is 34.7 Å². The topological polar surface area (TPSA) is 85.8 Å². The summed E-state index contributed by atoms with van der Waals surface area (Å²) < 4.78 is 0. The summed E-state index contributed by atoms with van der Waals surface area (Å²) in [5, 5.41) is 11.7. The van der Waals surface area contributed by atoms with E-state index in [2.05, 4.69) is 15.2 Å². The Labute approximate surface area is 148 Å². The number of nitrogens with one attached hydrogen (secondary N) is 1. The maximum absolute atomic E-state index is 12.4. The van der Waals surface area contributed by atoms with Gasteiger partial charge in [0.15, 0.2) is 0 Å². The second-order valence-electron chi connectivity index (χ2n) is 5.92. The first-order chi connectivity index (χ1) is 11.0. The molecule has 0 bridgehead atoms. The summed E-state index contributed by atoms with van der Waals surface area (Å²) in [5.41, 5.74) is 0.796. The predicted octanol–water partition coefficient (Wildman–Crippen LogP) is 0.392. The number of pyridine rings is 1. The molecular weight excluding hydrogens is 332 g/mol. The minimum absolute atomic E-state index is 0. The molecule has 2 heterocycles. The van der Waals surface area contributed by atoms with Gasteiger partial charge in [-0.15, -0.1) is 12.4 Å². The van der Waals surface area contributed by atoms with E-state index >= 15 is 0 Å². The lowest BCUT2D eigenvalue weighted by atomic mass is 10.2. The van der Waals surface area contributed by atoms with Gasteiger partial charge in [-0.3, -0.25) is 19.5 Å². The fourth-order valence-corrected chi connectivity index (χ4v) is 2.48. The molecule has 7 nitrogen and oxygen atoms in total. The van der Waals surface area contributed by atoms with E-state index in [4.69, 9.17) is 5.11 Å². The molecule has 1 fully saturated rings. The number of carbonyl (C=O) groups excluding carboxylic acids is 2. The van der Waals surface area contributed by atoms with Crippen LogP contribution in [0, 0.1) is 0 Å². The van der Waals surface area contributed by atoms with E-state index in [0.717, 1.165) is 13.1 Å². The third-order valence-electron chi connectivity index (χ3n) is 3.74. The second kappa shape index (κ2) is 9.56. The van der Waals surface area contributed by atoms with Gasteiger partial charge in [0.25, 0.3) is 11.8 Å². The Balaban J connectivity index is 0.00000288. The van der Waals surface area contributed by atoms with Crippen molar-refractivity contribution in [1.82, 2.24) is 20.1 Å². The first-order valence-corrected chi connectivity index (χ1v) is 7.90. The first-order valence-electron chi connectivity index (χ1n) is 7.90. The SMILES string of the molecule is CC(C)NC(=O)c1ccc(C(=O)N2CCN(CCO)CC2)nc1.Cl. The Morgan fingerprint density at radius 3 is 2.42 bits per heavy atom. The van der Waals surface area contributed by atoms with Crippen molar-refractivity contribution in [3.8, 4) is 0 Å². The van der Waals surface area contributed by atoms with Crippen LogP contribution in [-0.4, -0.2) is 77.1 Å². The van der Waals surface area contributed by atoms with Crippen LogP contribution in [0.5, 0.6) is 0 Å². The Morgan fingerprint density at radius 1 is 1.25 bits per heavy atom. The van der Waals surface area contributed by atoms with E-state index in [-0.39, 0.29) is 36.9 Å². The Kier molecular flexibility index (Phi) is 8.10. The van der Waals surface area contributed by atoms with Crippen molar-refractivity contribution in [3.05, 3.63) is 29.6 Å². The lowest BCUT2D eigenvalue weighted by molar-refractivity contribution is 0.0609. The number of amides is 2. The number of aliphatic hydroxyl groups excluding tert-OH is 1. The first kappa shape index (κ1) is 20.3. The van der Waals surface area contributed by atoms with Gasteiger partial charge in [0, 0.05) is 45.0 Å². The Morgan fingerprint density at radius 2 is 1.92 bits per heavy atom. The molecule has 2 N–H and O–H groups in total. The van der Waals surface area contributed by atoms with Crippen molar-refractivity contribution >= 4 is 24.2 Å². The average molecular weight is 357 g/mol. The van der Waals surface area contributed by atoms with Gasteiger partial charge in [-0.05, 0) is 26.0 Å². The van der Waals surface area contributed by atoms with Crippen molar-refractivity contribution in [3.63, 3.8) is 0 Å². The van der Waals surface area contributed by atoms with E-state index in [1.165, 1.54) is 6.20 Å². The highest BCUT2D eigenvalue weighted by atomic mass is 35.5. The molecule has 1 aromatic heterocycles. The number of hydrogen-bond acceptors (Lipinski definition) is 5. The number of halogens is 1. The summed E-state index contributed by atoms with van der Waals surface area (Å²) in [5.74, 6) is -0.311. The zero-order valence-corrected chi connectivity index (χ0v) is 14.9. The van der Waals surface area contributed by atoms with Gasteiger partial charge in [0.1, 0.15) is 5.69 Å². The largest absolute Gasteiger partial charge is 0.395 e. The van der Waals surface area contributed by atoms with Crippen LogP contribution in [0.4, 0.5) is 0 Å². The van der Waals surface area contributed by atoms with Crippen molar-refractivity contribution < 1.29 is 14.7 Å². The molecule has 1 saturated heterocycles. The van der Waals surface area contributed by atoms with Gasteiger partial charge in [-0.25, -0.2) is 0 Å². The number of piperazine rings is 1. The summed E-state index contributed by atoms with van der Waals surface area (Å²) in [6.07, 6.45) is 1.44. The minimum atomic E-state index is -0.191. The molecule has 134 valence electrons. The van der Waals surface area contributed by atoms with Crippen LogP contribution < -0.4 is 5.32 Å². The Hall–Kier alpha value is -1.70. The standard InChI is InChI=1S/C16H24N4O3.ClH/c1-12(2)18-15(22)13-3-4-14(17-11-13)16(23)20-7-5-19(6-8-20)9-10-21;/h3-4,11-12,21H,5-10H2,1-2H3,(H,18,22);1H. The van der Waals surface area contributed by atoms with Gasteiger partial charge < -0.3 is 15.3 Å². The number of β-amino-alcohol motifs (C(OH)–C–C–N with tert-alkyl or cyclic N) is 1. The summed E-state index contributed by atoms with van der Waals surface area (Å²) >= 11 is 0. The van der Waals surface area contributed by atoms with Gasteiger partial charge in [-0.1, -0.05) is 0 Å². The molecule has 2 rings (SSSR count). The van der Waals surface area contributed by atoms with Crippen LogP contribution in [0.25, 0.3) is 0 Å². The minimum Gasteiger partial charge on any atom is -0.395 e. The zero-order valence-electron chi connectivity index (χ0n) is 14.1. The number of nitrogens with zero attached hydrogens (tertiary/aromatic N) is 3. The number of aliphatic hydroxyl groups is 1. The molecule has 24 heavy (non-hydrogen) atoms. The predicted molar refractivity (Wildman–Crippen MR) is 93.5 cm³/mol. The molecule has 0 saturated carbocycles. The van der Waals surface area contributed by atoms with Gasteiger partial charge in [-0.2, -0.15) is 0 Å². The second-order valence-corrected chi connectivity index (χ2v) is 5.92. The summed E-state index contributed by atoms with van der Waals surface area (Å²) in [7, 11) is 0. The zero-order chi connectivity index (χ0) is 16.8.